The van der Waals surface area contributed by atoms with Gasteiger partial charge in [-0.25, -0.2) is 4.79 Å². The number of piperidine rings is 1. The van der Waals surface area contributed by atoms with E-state index in [9.17, 15) is 9.90 Å². The number of nitrogens with one attached hydrogen (secondary N) is 1. The zero-order valence-corrected chi connectivity index (χ0v) is 14.6. The van der Waals surface area contributed by atoms with E-state index in [1.54, 1.807) is 0 Å². The summed E-state index contributed by atoms with van der Waals surface area (Å²) in [5, 5.41) is 13.3. The normalized spacial score (nSPS) is 26.7. The lowest BCUT2D eigenvalue weighted by Crippen LogP contribution is -2.63. The summed E-state index contributed by atoms with van der Waals surface area (Å²) < 4.78 is 5.78. The molecule has 0 aromatic heterocycles. The molecule has 132 valence electrons. The van der Waals surface area contributed by atoms with E-state index in [0.717, 1.165) is 24.8 Å². The molecule has 0 unspecified atom stereocenters. The number of urea groups is 1. The molecule has 3 atom stereocenters. The lowest BCUT2D eigenvalue weighted by molar-refractivity contribution is -0.207. The van der Waals surface area contributed by atoms with Crippen LogP contribution in [0.4, 0.5) is 4.79 Å². The number of aliphatic hydroxyl groups is 1. The van der Waals surface area contributed by atoms with Crippen molar-refractivity contribution in [1.82, 2.24) is 10.2 Å². The van der Waals surface area contributed by atoms with Crippen LogP contribution in [-0.4, -0.2) is 47.9 Å². The first kappa shape index (κ1) is 17.2. The maximum atomic E-state index is 12.5. The third kappa shape index (κ3) is 3.15. The third-order valence-corrected chi connectivity index (χ3v) is 5.73. The van der Waals surface area contributed by atoms with Gasteiger partial charge in [0.1, 0.15) is 0 Å². The SMILES string of the molecule is CCO[C@H]1C[C@@H](O)C12CCN(C(=O)N[C@H](C)c1ccccc1)CC2. The highest BCUT2D eigenvalue weighted by atomic mass is 16.5. The maximum absolute atomic E-state index is 12.5. The summed E-state index contributed by atoms with van der Waals surface area (Å²) in [5.74, 6) is 0. The van der Waals surface area contributed by atoms with Crippen molar-refractivity contribution in [2.45, 2.75) is 51.4 Å². The number of benzene rings is 1. The number of aliphatic hydroxyl groups excluding tert-OH is 1. The second-order valence-electron chi connectivity index (χ2n) is 7.00. The molecule has 1 aliphatic heterocycles. The van der Waals surface area contributed by atoms with Gasteiger partial charge in [-0.1, -0.05) is 30.3 Å². The number of rotatable bonds is 4. The van der Waals surface area contributed by atoms with Gasteiger partial charge in [0.05, 0.1) is 18.2 Å². The Balaban J connectivity index is 1.54. The quantitative estimate of drug-likeness (QED) is 0.891. The van der Waals surface area contributed by atoms with E-state index in [4.69, 9.17) is 4.74 Å². The van der Waals surface area contributed by atoms with Gasteiger partial charge in [0.25, 0.3) is 0 Å². The van der Waals surface area contributed by atoms with Gasteiger partial charge in [-0.3, -0.25) is 0 Å². The summed E-state index contributed by atoms with van der Waals surface area (Å²) >= 11 is 0. The minimum absolute atomic E-state index is 0.0138. The fourth-order valence-electron chi connectivity index (χ4n) is 4.04. The lowest BCUT2D eigenvalue weighted by Gasteiger charge is -2.56. The molecule has 2 fully saturated rings. The molecule has 1 aliphatic carbocycles. The molecule has 1 heterocycles. The average molecular weight is 332 g/mol. The van der Waals surface area contributed by atoms with Crippen LogP contribution in [0.5, 0.6) is 0 Å². The Labute approximate surface area is 144 Å². The van der Waals surface area contributed by atoms with Gasteiger partial charge < -0.3 is 20.1 Å². The Morgan fingerprint density at radius 1 is 1.38 bits per heavy atom. The number of hydrogen-bond acceptors (Lipinski definition) is 3. The molecule has 2 amide bonds. The molecule has 1 saturated heterocycles. The molecule has 0 radical (unpaired) electrons. The molecule has 5 heteroatoms. The van der Waals surface area contributed by atoms with E-state index in [1.165, 1.54) is 0 Å². The van der Waals surface area contributed by atoms with E-state index >= 15 is 0 Å². The predicted molar refractivity (Wildman–Crippen MR) is 92.7 cm³/mol. The van der Waals surface area contributed by atoms with Crippen molar-refractivity contribution in [1.29, 1.82) is 0 Å². The second-order valence-corrected chi connectivity index (χ2v) is 7.00. The zero-order valence-electron chi connectivity index (χ0n) is 14.6. The van der Waals surface area contributed by atoms with Crippen molar-refractivity contribution < 1.29 is 14.6 Å². The van der Waals surface area contributed by atoms with Crippen molar-refractivity contribution in [3.05, 3.63) is 35.9 Å². The van der Waals surface area contributed by atoms with Gasteiger partial charge >= 0.3 is 6.03 Å². The number of ether oxygens (including phenoxy) is 1. The van der Waals surface area contributed by atoms with Crippen molar-refractivity contribution in [3.63, 3.8) is 0 Å². The molecule has 1 aromatic carbocycles. The van der Waals surface area contributed by atoms with Crippen LogP contribution in [0.1, 0.15) is 44.7 Å². The number of nitrogens with zero attached hydrogens (tertiary/aromatic N) is 1. The molecule has 3 rings (SSSR count). The molecule has 2 N–H and O–H groups in total. The van der Waals surface area contributed by atoms with E-state index < -0.39 is 0 Å². The van der Waals surface area contributed by atoms with Gasteiger partial charge in [-0.05, 0) is 32.3 Å². The maximum Gasteiger partial charge on any atom is 0.317 e. The van der Waals surface area contributed by atoms with Crippen molar-refractivity contribution in [2.75, 3.05) is 19.7 Å². The molecular formula is C19H28N2O3. The molecule has 2 aliphatic rings. The van der Waals surface area contributed by atoms with Crippen LogP contribution in [0, 0.1) is 5.41 Å². The van der Waals surface area contributed by atoms with Crippen LogP contribution < -0.4 is 5.32 Å². The fourth-order valence-corrected chi connectivity index (χ4v) is 4.04. The first-order valence-electron chi connectivity index (χ1n) is 8.97. The summed E-state index contributed by atoms with van der Waals surface area (Å²) in [6.45, 7) is 6.02. The lowest BCUT2D eigenvalue weighted by atomic mass is 9.58. The number of amides is 2. The third-order valence-electron chi connectivity index (χ3n) is 5.73. The van der Waals surface area contributed by atoms with Gasteiger partial charge in [0, 0.05) is 31.5 Å². The molecular weight excluding hydrogens is 304 g/mol. The molecule has 5 nitrogen and oxygen atoms in total. The Hall–Kier alpha value is -1.59. The largest absolute Gasteiger partial charge is 0.392 e. The highest BCUT2D eigenvalue weighted by Gasteiger charge is 2.56. The van der Waals surface area contributed by atoms with E-state index in [0.29, 0.717) is 19.7 Å². The summed E-state index contributed by atoms with van der Waals surface area (Å²) in [5.41, 5.74) is 0.961. The van der Waals surface area contributed by atoms with Gasteiger partial charge in [-0.15, -0.1) is 0 Å². The number of likely N-dealkylation sites (tertiary alicyclic amines) is 1. The highest BCUT2D eigenvalue weighted by Crippen LogP contribution is 2.50. The molecule has 0 bridgehead atoms. The standard InChI is InChI=1S/C19H28N2O3/c1-3-24-17-13-16(22)19(17)9-11-21(12-10-19)18(23)20-14(2)15-7-5-4-6-8-15/h4-8,14,16-17,22H,3,9-13H2,1-2H3,(H,20,23)/t14-,16-,17+/m1/s1. The van der Waals surface area contributed by atoms with Gasteiger partial charge in [-0.2, -0.15) is 0 Å². The van der Waals surface area contributed by atoms with E-state index in [-0.39, 0.29) is 29.7 Å². The van der Waals surface area contributed by atoms with E-state index in [2.05, 4.69) is 5.32 Å². The van der Waals surface area contributed by atoms with Crippen LogP contribution >= 0.6 is 0 Å². The summed E-state index contributed by atoms with van der Waals surface area (Å²) in [7, 11) is 0. The van der Waals surface area contributed by atoms with Crippen LogP contribution in [0.15, 0.2) is 30.3 Å². The summed E-state index contributed by atoms with van der Waals surface area (Å²) in [6.07, 6.45) is 2.21. The number of carbonyl (C=O) groups excluding carboxylic acids is 1. The van der Waals surface area contributed by atoms with Crippen molar-refractivity contribution >= 4 is 6.03 Å². The Kier molecular flexibility index (Phi) is 5.11. The predicted octanol–water partition coefficient (Wildman–Crippen LogP) is 2.71. The second kappa shape index (κ2) is 7.11. The minimum atomic E-state index is -0.289. The molecule has 1 aromatic rings. The molecule has 1 saturated carbocycles. The fraction of sp³-hybridized carbons (Fsp3) is 0.632. The van der Waals surface area contributed by atoms with Gasteiger partial charge in [0.2, 0.25) is 0 Å². The van der Waals surface area contributed by atoms with E-state index in [1.807, 2.05) is 49.1 Å². The van der Waals surface area contributed by atoms with Crippen LogP contribution in [0.25, 0.3) is 0 Å². The number of hydrogen-bond donors (Lipinski definition) is 2. The monoisotopic (exact) mass is 332 g/mol. The Bertz CT molecular complexity index is 553. The first-order valence-corrected chi connectivity index (χ1v) is 8.97. The molecule has 1 spiro atoms. The Morgan fingerprint density at radius 3 is 2.62 bits per heavy atom. The zero-order chi connectivity index (χ0) is 17.2. The van der Waals surface area contributed by atoms with Crippen LogP contribution in [0.3, 0.4) is 0 Å². The first-order chi connectivity index (χ1) is 11.6. The molecule has 24 heavy (non-hydrogen) atoms. The van der Waals surface area contributed by atoms with Crippen molar-refractivity contribution in [2.24, 2.45) is 5.41 Å². The summed E-state index contributed by atoms with van der Waals surface area (Å²) in [4.78, 5) is 14.4. The number of carbonyl (C=O) groups is 1. The van der Waals surface area contributed by atoms with Crippen LogP contribution in [-0.2, 0) is 4.74 Å². The summed E-state index contributed by atoms with van der Waals surface area (Å²) in [6, 6.07) is 9.94. The van der Waals surface area contributed by atoms with Crippen LogP contribution in [0.2, 0.25) is 0 Å². The van der Waals surface area contributed by atoms with Crippen molar-refractivity contribution in [3.8, 4) is 0 Å². The average Bonchev–Trinajstić information content (AvgIpc) is 2.62. The van der Waals surface area contributed by atoms with Gasteiger partial charge in [0.15, 0.2) is 0 Å². The smallest absolute Gasteiger partial charge is 0.317 e. The minimum Gasteiger partial charge on any atom is -0.392 e. The highest BCUT2D eigenvalue weighted by molar-refractivity contribution is 5.74. The Morgan fingerprint density at radius 2 is 2.04 bits per heavy atom. The topological polar surface area (TPSA) is 61.8 Å².